The van der Waals surface area contributed by atoms with E-state index in [1.807, 2.05) is 0 Å². The van der Waals surface area contributed by atoms with E-state index in [1.54, 1.807) is 13.0 Å². The average Bonchev–Trinajstić information content (AvgIpc) is 1.90. The molecule has 1 atom stereocenters. The van der Waals surface area contributed by atoms with Crippen LogP contribution in [0.1, 0.15) is 13.3 Å². The molecule has 0 aromatic carbocycles. The standard InChI is InChI=1S/C7H11FN2Si/c1-5-7(6-9,10-2)11(3,4)8/h5H2,1,3-4H3. The lowest BCUT2D eigenvalue weighted by Crippen LogP contribution is -2.47. The van der Waals surface area contributed by atoms with Crippen LogP contribution in [0.5, 0.6) is 0 Å². The van der Waals surface area contributed by atoms with E-state index in [0.29, 0.717) is 0 Å². The van der Waals surface area contributed by atoms with Gasteiger partial charge in [0.1, 0.15) is 0 Å². The quantitative estimate of drug-likeness (QED) is 0.355. The zero-order valence-electron chi connectivity index (χ0n) is 6.98. The lowest BCUT2D eigenvalue weighted by Gasteiger charge is -2.19. The largest absolute Gasteiger partial charge is 0.355 e. The molecule has 0 rings (SSSR count). The summed E-state index contributed by atoms with van der Waals surface area (Å²) in [7, 11) is -3.15. The second-order valence-electron chi connectivity index (χ2n) is 2.91. The monoisotopic (exact) mass is 170 g/mol. The predicted molar refractivity (Wildman–Crippen MR) is 43.8 cm³/mol. The first kappa shape index (κ1) is 10.1. The van der Waals surface area contributed by atoms with Crippen LogP contribution in [0.3, 0.4) is 0 Å². The van der Waals surface area contributed by atoms with Gasteiger partial charge in [0.15, 0.2) is 6.07 Å². The maximum absolute atomic E-state index is 13.4. The molecule has 0 N–H and O–H groups in total. The van der Waals surface area contributed by atoms with E-state index in [4.69, 9.17) is 11.8 Å². The number of hydrogen-bond donors (Lipinski definition) is 0. The normalized spacial score (nSPS) is 16.2. The van der Waals surface area contributed by atoms with Crippen LogP contribution < -0.4 is 0 Å². The topological polar surface area (TPSA) is 28.1 Å². The molecule has 0 aromatic heterocycles. The molecular weight excluding hydrogens is 159 g/mol. The van der Waals surface area contributed by atoms with Crippen molar-refractivity contribution in [2.75, 3.05) is 0 Å². The van der Waals surface area contributed by atoms with E-state index in [9.17, 15) is 4.11 Å². The number of rotatable bonds is 2. The third kappa shape index (κ3) is 1.58. The Balaban J connectivity index is 4.94. The highest BCUT2D eigenvalue weighted by molar-refractivity contribution is 6.75. The lowest BCUT2D eigenvalue weighted by molar-refractivity contribution is 0.671. The minimum absolute atomic E-state index is 0.280. The van der Waals surface area contributed by atoms with Gasteiger partial charge in [-0.05, 0) is 13.1 Å². The van der Waals surface area contributed by atoms with Crippen LogP contribution >= 0.6 is 0 Å². The highest BCUT2D eigenvalue weighted by atomic mass is 28.4. The summed E-state index contributed by atoms with van der Waals surface area (Å²) in [5.74, 6) is 0. The summed E-state index contributed by atoms with van der Waals surface area (Å²) in [4.78, 5) is 3.10. The van der Waals surface area contributed by atoms with Crippen LogP contribution in [0.25, 0.3) is 4.85 Å². The van der Waals surface area contributed by atoms with Gasteiger partial charge in [-0.3, -0.25) is 4.85 Å². The molecule has 0 spiro atoms. The van der Waals surface area contributed by atoms with Gasteiger partial charge in [0, 0.05) is 6.42 Å². The van der Waals surface area contributed by atoms with Crippen molar-refractivity contribution in [2.24, 2.45) is 0 Å². The van der Waals surface area contributed by atoms with E-state index >= 15 is 0 Å². The zero-order chi connectivity index (χ0) is 9.12. The number of halogens is 1. The van der Waals surface area contributed by atoms with Crippen molar-refractivity contribution in [3.05, 3.63) is 11.4 Å². The van der Waals surface area contributed by atoms with Gasteiger partial charge in [0.25, 0.3) is 0 Å². The van der Waals surface area contributed by atoms with Crippen molar-refractivity contribution in [1.82, 2.24) is 0 Å². The summed E-state index contributed by atoms with van der Waals surface area (Å²) in [6, 6.07) is 1.79. The minimum Gasteiger partial charge on any atom is -0.303 e. The summed E-state index contributed by atoms with van der Waals surface area (Å²) in [5, 5.41) is 7.28. The highest BCUT2D eigenvalue weighted by Crippen LogP contribution is 2.28. The van der Waals surface area contributed by atoms with Crippen LogP contribution in [-0.4, -0.2) is 13.6 Å². The van der Waals surface area contributed by atoms with Gasteiger partial charge in [-0.15, -0.1) is 0 Å². The number of nitriles is 1. The molecular formula is C7H11FN2Si. The van der Waals surface area contributed by atoms with Gasteiger partial charge in [0.05, 0.1) is 0 Å². The second-order valence-corrected chi connectivity index (χ2v) is 6.68. The molecule has 0 bridgehead atoms. The maximum atomic E-state index is 13.4. The third-order valence-electron chi connectivity index (χ3n) is 1.87. The Morgan fingerprint density at radius 1 is 1.73 bits per heavy atom. The zero-order valence-corrected chi connectivity index (χ0v) is 7.98. The molecule has 0 amide bonds. The molecule has 0 saturated heterocycles. The van der Waals surface area contributed by atoms with Gasteiger partial charge in [-0.25, -0.2) is 6.57 Å². The molecule has 60 valence electrons. The van der Waals surface area contributed by atoms with Gasteiger partial charge in [0.2, 0.25) is 0 Å². The van der Waals surface area contributed by atoms with E-state index in [2.05, 4.69) is 4.85 Å². The lowest BCUT2D eigenvalue weighted by atomic mass is 10.2. The molecule has 0 aliphatic carbocycles. The first-order valence-electron chi connectivity index (χ1n) is 3.42. The first-order valence-corrected chi connectivity index (χ1v) is 6.30. The Morgan fingerprint density at radius 2 is 2.18 bits per heavy atom. The number of nitrogens with zero attached hydrogens (tertiary/aromatic N) is 2. The number of hydrogen-bond acceptors (Lipinski definition) is 1. The fourth-order valence-corrected chi connectivity index (χ4v) is 2.24. The van der Waals surface area contributed by atoms with Crippen molar-refractivity contribution in [3.63, 3.8) is 0 Å². The molecule has 0 heterocycles. The van der Waals surface area contributed by atoms with Gasteiger partial charge < -0.3 is 4.11 Å². The average molecular weight is 170 g/mol. The van der Waals surface area contributed by atoms with Crippen molar-refractivity contribution in [1.29, 1.82) is 5.26 Å². The molecule has 0 aliphatic rings. The van der Waals surface area contributed by atoms with Crippen LogP contribution in [0.4, 0.5) is 4.11 Å². The summed E-state index contributed by atoms with van der Waals surface area (Å²) >= 11 is 0. The predicted octanol–water partition coefficient (Wildman–Crippen LogP) is 2.29. The minimum atomic E-state index is -3.15. The van der Waals surface area contributed by atoms with Crippen LogP contribution in [0, 0.1) is 17.9 Å². The molecule has 4 heteroatoms. The Bertz CT molecular complexity index is 204. The smallest absolute Gasteiger partial charge is 0.303 e. The van der Waals surface area contributed by atoms with E-state index < -0.39 is 13.6 Å². The van der Waals surface area contributed by atoms with E-state index in [1.165, 1.54) is 13.1 Å². The Kier molecular flexibility index (Phi) is 2.78. The summed E-state index contributed by atoms with van der Waals surface area (Å²) in [6.07, 6.45) is 0.280. The SMILES string of the molecule is [C-]#[N+]C(C#N)(CC)[Si](C)(C)F. The third-order valence-corrected chi connectivity index (χ3v) is 4.42. The highest BCUT2D eigenvalue weighted by Gasteiger charge is 2.55. The fourth-order valence-electron chi connectivity index (χ4n) is 0.869. The van der Waals surface area contributed by atoms with Crippen molar-refractivity contribution in [3.8, 4) is 6.07 Å². The van der Waals surface area contributed by atoms with Crippen molar-refractivity contribution in [2.45, 2.75) is 31.6 Å². The Morgan fingerprint density at radius 3 is 2.18 bits per heavy atom. The van der Waals surface area contributed by atoms with Crippen LogP contribution in [0.2, 0.25) is 13.1 Å². The summed E-state index contributed by atoms with van der Waals surface area (Å²) in [6.45, 7) is 11.2. The molecule has 0 aliphatic heterocycles. The molecule has 1 unspecified atom stereocenters. The molecule has 11 heavy (non-hydrogen) atoms. The van der Waals surface area contributed by atoms with Crippen LogP contribution in [0.15, 0.2) is 0 Å². The molecule has 0 aromatic rings. The van der Waals surface area contributed by atoms with E-state index in [-0.39, 0.29) is 6.42 Å². The maximum Gasteiger partial charge on any atom is 0.355 e. The molecule has 2 nitrogen and oxygen atoms in total. The van der Waals surface area contributed by atoms with Gasteiger partial charge >= 0.3 is 13.6 Å². The first-order chi connectivity index (χ1) is 4.93. The fraction of sp³-hybridized carbons (Fsp3) is 0.714. The second kappa shape index (κ2) is 3.02. The molecule has 0 saturated carbocycles. The van der Waals surface area contributed by atoms with E-state index in [0.717, 1.165) is 0 Å². The van der Waals surface area contributed by atoms with Crippen molar-refractivity contribution >= 4 is 8.41 Å². The molecule has 0 radical (unpaired) electrons. The Labute approximate surface area is 67.6 Å². The summed E-state index contributed by atoms with van der Waals surface area (Å²) in [5.41, 5.74) is 0. The van der Waals surface area contributed by atoms with Crippen molar-refractivity contribution < 1.29 is 4.11 Å². The summed E-state index contributed by atoms with van der Waals surface area (Å²) < 4.78 is 13.4. The Hall–Kier alpha value is -0.873. The van der Waals surface area contributed by atoms with Gasteiger partial charge in [-0.2, -0.15) is 5.26 Å². The van der Waals surface area contributed by atoms with Gasteiger partial charge in [-0.1, -0.05) is 6.92 Å². The molecule has 0 fully saturated rings. The van der Waals surface area contributed by atoms with Crippen LogP contribution in [-0.2, 0) is 0 Å².